The molecule has 44 heavy (non-hydrogen) atoms. The molecule has 4 rings (SSSR count). The molecule has 2 aromatic carbocycles. The average molecular weight is 605 g/mol. The van der Waals surface area contributed by atoms with Crippen LogP contribution >= 0.6 is 0 Å². The van der Waals surface area contributed by atoms with Gasteiger partial charge in [0.25, 0.3) is 17.7 Å². The third-order valence-electron chi connectivity index (χ3n) is 8.44. The highest BCUT2D eigenvalue weighted by Gasteiger charge is 2.42. The summed E-state index contributed by atoms with van der Waals surface area (Å²) in [5.74, 6) is -1.51. The largest absolute Gasteiger partial charge is 0.507 e. The Morgan fingerprint density at radius 1 is 0.886 bits per heavy atom. The molecule has 0 aliphatic carbocycles. The van der Waals surface area contributed by atoms with Gasteiger partial charge in [-0.1, -0.05) is 53.7 Å². The smallest absolute Gasteiger partial charge is 0.269 e. The predicted molar refractivity (Wildman–Crippen MR) is 171 cm³/mol. The van der Waals surface area contributed by atoms with Gasteiger partial charge in [-0.25, -0.2) is 0 Å². The van der Waals surface area contributed by atoms with E-state index in [-0.39, 0.29) is 62.7 Å². The average Bonchev–Trinajstić information content (AvgIpc) is 3.15. The van der Waals surface area contributed by atoms with Crippen LogP contribution in [0.3, 0.4) is 0 Å². The first-order chi connectivity index (χ1) is 20.1. The Kier molecular flexibility index (Phi) is 8.54. The molecule has 0 atom stereocenters. The number of aryl methyl sites for hydroxylation is 1. The lowest BCUT2D eigenvalue weighted by Gasteiger charge is -2.49. The van der Waals surface area contributed by atoms with E-state index < -0.39 is 17.7 Å². The first-order valence-electron chi connectivity index (χ1n) is 15.4. The lowest BCUT2D eigenvalue weighted by molar-refractivity contribution is -0.138. The van der Waals surface area contributed by atoms with Gasteiger partial charge in [0.15, 0.2) is 0 Å². The van der Waals surface area contributed by atoms with Gasteiger partial charge < -0.3 is 10.4 Å². The van der Waals surface area contributed by atoms with Crippen molar-refractivity contribution in [3.8, 4) is 5.75 Å². The summed E-state index contributed by atoms with van der Waals surface area (Å²) in [6.45, 7) is 20.7. The predicted octanol–water partition coefficient (Wildman–Crippen LogP) is 5.29. The Bertz CT molecular complexity index is 1460. The van der Waals surface area contributed by atoms with Gasteiger partial charge in [-0.3, -0.25) is 34.9 Å². The zero-order valence-electron chi connectivity index (χ0n) is 27.8. The minimum absolute atomic E-state index is 0.140. The lowest BCUT2D eigenvalue weighted by Crippen LogP contribution is -2.65. The van der Waals surface area contributed by atoms with Crippen molar-refractivity contribution in [2.24, 2.45) is 0 Å². The molecule has 0 saturated carbocycles. The molecule has 2 heterocycles. The molecule has 4 amide bonds. The van der Waals surface area contributed by atoms with Gasteiger partial charge in [0.2, 0.25) is 5.91 Å². The topological polar surface area (TPSA) is 128 Å². The van der Waals surface area contributed by atoms with Gasteiger partial charge in [-0.05, 0) is 92.7 Å². The summed E-state index contributed by atoms with van der Waals surface area (Å²) in [6, 6.07) is 8.01. The third-order valence-corrected chi connectivity index (χ3v) is 8.44. The molecule has 0 radical (unpaired) electrons. The second-order valence-electron chi connectivity index (χ2n) is 15.7. The van der Waals surface area contributed by atoms with Crippen molar-refractivity contribution in [1.29, 1.82) is 0 Å². The number of phenolic OH excluding ortho intramolecular Hbond substituents is 1. The number of carbonyl (C=O) groups excluding carboxylic acids is 4. The molecule has 4 N–H and O–H groups in total. The van der Waals surface area contributed by atoms with Crippen LogP contribution in [0, 0.1) is 0 Å². The van der Waals surface area contributed by atoms with Crippen molar-refractivity contribution in [3.63, 3.8) is 0 Å². The minimum atomic E-state index is -0.549. The maximum atomic E-state index is 14.1. The standard InChI is InChI=1S/C35H48N4O5/c1-32(2,3)25-15-20(16-26(28(25)41)33(4,5)6)11-14-27(40)39(22-18-34(7,8)38-35(9,10)19-22)37-29(42)21-12-13-23-24(17-21)31(44)36-30(23)43/h12-13,15-17,22,38,41H,11,14,18-19H2,1-10H3,(H,37,42)(H,36,43,44). The summed E-state index contributed by atoms with van der Waals surface area (Å²) < 4.78 is 0. The molecular formula is C35H48N4O5. The molecular weight excluding hydrogens is 556 g/mol. The van der Waals surface area contributed by atoms with Crippen LogP contribution in [0.15, 0.2) is 30.3 Å². The van der Waals surface area contributed by atoms with E-state index in [1.165, 1.54) is 23.2 Å². The fourth-order valence-corrected chi connectivity index (χ4v) is 6.65. The van der Waals surface area contributed by atoms with Crippen LogP contribution in [-0.2, 0) is 22.0 Å². The fourth-order valence-electron chi connectivity index (χ4n) is 6.65. The minimum Gasteiger partial charge on any atom is -0.507 e. The van der Waals surface area contributed by atoms with E-state index in [9.17, 15) is 24.3 Å². The summed E-state index contributed by atoms with van der Waals surface area (Å²) in [5, 5.41) is 18.5. The summed E-state index contributed by atoms with van der Waals surface area (Å²) in [7, 11) is 0. The van der Waals surface area contributed by atoms with Crippen LogP contribution in [0.5, 0.6) is 5.75 Å². The number of fused-ring (bicyclic) bond motifs is 1. The van der Waals surface area contributed by atoms with Crippen molar-refractivity contribution in [2.45, 2.75) is 123 Å². The quantitative estimate of drug-likeness (QED) is 0.271. The molecule has 1 saturated heterocycles. The zero-order valence-corrected chi connectivity index (χ0v) is 27.8. The van der Waals surface area contributed by atoms with E-state index in [1.54, 1.807) is 0 Å². The number of benzene rings is 2. The van der Waals surface area contributed by atoms with E-state index in [4.69, 9.17) is 0 Å². The number of imide groups is 1. The first-order valence-corrected chi connectivity index (χ1v) is 15.4. The molecule has 0 bridgehead atoms. The second-order valence-corrected chi connectivity index (χ2v) is 15.7. The number of hydrogen-bond acceptors (Lipinski definition) is 6. The van der Waals surface area contributed by atoms with Gasteiger partial charge in [0.1, 0.15) is 5.75 Å². The molecule has 0 aromatic heterocycles. The molecule has 9 heteroatoms. The Morgan fingerprint density at radius 3 is 1.93 bits per heavy atom. The van der Waals surface area contributed by atoms with Crippen molar-refractivity contribution < 1.29 is 24.3 Å². The fraction of sp³-hybridized carbons (Fsp3) is 0.543. The van der Waals surface area contributed by atoms with Gasteiger partial charge >= 0.3 is 0 Å². The zero-order chi connectivity index (χ0) is 33.0. The van der Waals surface area contributed by atoms with Crippen LogP contribution in [-0.4, -0.2) is 50.9 Å². The molecule has 2 aliphatic rings. The summed E-state index contributed by atoms with van der Waals surface area (Å²) in [4.78, 5) is 51.9. The van der Waals surface area contributed by atoms with Gasteiger partial charge in [0, 0.05) is 23.1 Å². The van der Waals surface area contributed by atoms with Crippen LogP contribution in [0.25, 0.3) is 0 Å². The number of piperidine rings is 1. The lowest BCUT2D eigenvalue weighted by atomic mass is 9.78. The number of phenols is 1. The van der Waals surface area contributed by atoms with Crippen LogP contribution in [0.2, 0.25) is 0 Å². The summed E-state index contributed by atoms with van der Waals surface area (Å²) in [6.07, 6.45) is 1.80. The van der Waals surface area contributed by atoms with Crippen LogP contribution < -0.4 is 16.1 Å². The highest BCUT2D eigenvalue weighted by atomic mass is 16.3. The van der Waals surface area contributed by atoms with Gasteiger partial charge in [0.05, 0.1) is 17.2 Å². The van der Waals surface area contributed by atoms with Gasteiger partial charge in [-0.15, -0.1) is 0 Å². The van der Waals surface area contributed by atoms with Crippen LogP contribution in [0.1, 0.15) is 136 Å². The molecule has 1 fully saturated rings. The molecule has 0 unspecified atom stereocenters. The third kappa shape index (κ3) is 7.15. The highest BCUT2D eigenvalue weighted by molar-refractivity contribution is 6.22. The number of carbonyl (C=O) groups is 4. The number of nitrogens with zero attached hydrogens (tertiary/aromatic N) is 1. The van der Waals surface area contributed by atoms with Crippen molar-refractivity contribution >= 4 is 23.6 Å². The Hall–Kier alpha value is -3.72. The monoisotopic (exact) mass is 604 g/mol. The highest BCUT2D eigenvalue weighted by Crippen LogP contribution is 2.40. The van der Waals surface area contributed by atoms with E-state index >= 15 is 0 Å². The Balaban J connectivity index is 1.65. The number of hydrazine groups is 1. The Morgan fingerprint density at radius 2 is 1.41 bits per heavy atom. The van der Waals surface area contributed by atoms with E-state index in [1.807, 2.05) is 12.1 Å². The maximum Gasteiger partial charge on any atom is 0.269 e. The molecule has 238 valence electrons. The van der Waals surface area contributed by atoms with Crippen LogP contribution in [0.4, 0.5) is 0 Å². The second kappa shape index (κ2) is 11.3. The molecule has 0 spiro atoms. The Labute approximate surface area is 261 Å². The number of rotatable bonds is 5. The number of amides is 4. The maximum absolute atomic E-state index is 14.1. The van der Waals surface area contributed by atoms with Crippen molar-refractivity contribution in [2.75, 3.05) is 0 Å². The normalized spacial score (nSPS) is 18.0. The van der Waals surface area contributed by atoms with E-state index in [0.717, 1.165) is 16.7 Å². The molecule has 9 nitrogen and oxygen atoms in total. The van der Waals surface area contributed by atoms with Crippen molar-refractivity contribution in [3.05, 3.63) is 63.7 Å². The number of hydrogen-bond donors (Lipinski definition) is 4. The summed E-state index contributed by atoms with van der Waals surface area (Å²) in [5.41, 5.74) is 4.85. The summed E-state index contributed by atoms with van der Waals surface area (Å²) >= 11 is 0. The SMILES string of the molecule is CC1(C)CC(N(NC(=O)c2ccc3c(c2)C(=O)NC3=O)C(=O)CCc2cc(C(C)(C)C)c(O)c(C(C)(C)C)c2)CC(C)(C)N1. The van der Waals surface area contributed by atoms with Crippen molar-refractivity contribution in [1.82, 2.24) is 21.1 Å². The molecule has 2 aliphatic heterocycles. The van der Waals surface area contributed by atoms with E-state index in [0.29, 0.717) is 19.3 Å². The van der Waals surface area contributed by atoms with E-state index in [2.05, 4.69) is 85.3 Å². The number of aromatic hydroxyl groups is 1. The van der Waals surface area contributed by atoms with Gasteiger partial charge in [-0.2, -0.15) is 0 Å². The molecule has 2 aromatic rings. The first kappa shape index (κ1) is 33.2. The number of nitrogens with one attached hydrogen (secondary N) is 3.